The average Bonchev–Trinajstić information content (AvgIpc) is 2.88. The molecule has 1 aliphatic carbocycles. The number of nitrogens with zero attached hydrogens (tertiary/aromatic N) is 2. The van der Waals surface area contributed by atoms with Crippen molar-refractivity contribution < 1.29 is 4.79 Å². The Hall–Kier alpha value is -0.610. The van der Waals surface area contributed by atoms with Gasteiger partial charge in [0.2, 0.25) is 5.91 Å². The highest BCUT2D eigenvalue weighted by molar-refractivity contribution is 5.88. The lowest BCUT2D eigenvalue weighted by atomic mass is 9.98. The maximum atomic E-state index is 12.3. The predicted octanol–water partition coefficient (Wildman–Crippen LogP) is 0.640. The number of likely N-dealkylation sites (N-methyl/N-ethyl adjacent to an activating group) is 1. The van der Waals surface area contributed by atoms with Crippen LogP contribution in [0.5, 0.6) is 0 Å². The fraction of sp³-hybridized carbons (Fsp3) is 0.917. The molecule has 0 unspecified atom stereocenters. The van der Waals surface area contributed by atoms with Crippen LogP contribution in [0.4, 0.5) is 0 Å². The van der Waals surface area contributed by atoms with E-state index in [-0.39, 0.29) is 5.54 Å². The van der Waals surface area contributed by atoms with Crippen LogP contribution in [0.15, 0.2) is 0 Å². The first-order valence-electron chi connectivity index (χ1n) is 6.41. The first-order chi connectivity index (χ1) is 7.68. The minimum Gasteiger partial charge on any atom is -0.327 e. The van der Waals surface area contributed by atoms with E-state index in [2.05, 4.69) is 24.2 Å². The first kappa shape index (κ1) is 11.9. The minimum absolute atomic E-state index is 0.176. The number of rotatable bonds is 4. The third-order valence-electron chi connectivity index (χ3n) is 4.05. The lowest BCUT2D eigenvalue weighted by molar-refractivity contribution is -0.132. The molecular formula is C12H23N3O. The van der Waals surface area contributed by atoms with Crippen molar-refractivity contribution in [2.24, 2.45) is 0 Å². The summed E-state index contributed by atoms with van der Waals surface area (Å²) < 4.78 is 0. The zero-order valence-electron chi connectivity index (χ0n) is 10.5. The van der Waals surface area contributed by atoms with Crippen molar-refractivity contribution in [3.8, 4) is 0 Å². The Kier molecular flexibility index (Phi) is 3.50. The molecule has 4 nitrogen and oxygen atoms in total. The summed E-state index contributed by atoms with van der Waals surface area (Å²) in [5.74, 6) is 0.342. The molecule has 4 heteroatoms. The van der Waals surface area contributed by atoms with E-state index in [0.29, 0.717) is 5.91 Å². The molecule has 0 aromatic rings. The third kappa shape index (κ3) is 2.09. The second kappa shape index (κ2) is 4.72. The molecule has 2 aliphatic rings. The maximum Gasteiger partial charge on any atom is 0.244 e. The molecule has 16 heavy (non-hydrogen) atoms. The second-order valence-corrected chi connectivity index (χ2v) is 5.09. The van der Waals surface area contributed by atoms with E-state index in [9.17, 15) is 4.79 Å². The smallest absolute Gasteiger partial charge is 0.244 e. The van der Waals surface area contributed by atoms with Gasteiger partial charge in [0.15, 0.2) is 0 Å². The SMILES string of the molecule is CCN(C)CCN1CNC2(CCCC2)C1=O. The van der Waals surface area contributed by atoms with Crippen LogP contribution < -0.4 is 5.32 Å². The molecule has 92 valence electrons. The van der Waals surface area contributed by atoms with Crippen LogP contribution in [-0.2, 0) is 4.79 Å². The molecular weight excluding hydrogens is 202 g/mol. The molecule has 0 atom stereocenters. The standard InChI is InChI=1S/C12H23N3O/c1-3-14(2)8-9-15-10-13-12(11(15)16)6-4-5-7-12/h13H,3-10H2,1-2H3. The van der Waals surface area contributed by atoms with Gasteiger partial charge in [-0.15, -0.1) is 0 Å². The summed E-state index contributed by atoms with van der Waals surface area (Å²) >= 11 is 0. The third-order valence-corrected chi connectivity index (χ3v) is 4.05. The van der Waals surface area contributed by atoms with Gasteiger partial charge in [-0.2, -0.15) is 0 Å². The summed E-state index contributed by atoms with van der Waals surface area (Å²) in [6.07, 6.45) is 4.46. The van der Waals surface area contributed by atoms with Crippen molar-refractivity contribution in [2.45, 2.75) is 38.1 Å². The van der Waals surface area contributed by atoms with Gasteiger partial charge in [-0.1, -0.05) is 19.8 Å². The van der Waals surface area contributed by atoms with Gasteiger partial charge in [0.1, 0.15) is 0 Å². The summed E-state index contributed by atoms with van der Waals surface area (Å²) in [5.41, 5.74) is -0.176. The van der Waals surface area contributed by atoms with Crippen molar-refractivity contribution >= 4 is 5.91 Å². The fourth-order valence-corrected chi connectivity index (χ4v) is 2.70. The molecule has 0 aromatic carbocycles. The molecule has 1 aliphatic heterocycles. The van der Waals surface area contributed by atoms with E-state index in [1.54, 1.807) is 0 Å². The van der Waals surface area contributed by atoms with Gasteiger partial charge in [0.05, 0.1) is 12.2 Å². The average molecular weight is 225 g/mol. The van der Waals surface area contributed by atoms with Gasteiger partial charge >= 0.3 is 0 Å². The van der Waals surface area contributed by atoms with Gasteiger partial charge in [-0.25, -0.2) is 0 Å². The Morgan fingerprint density at radius 3 is 2.75 bits per heavy atom. The Morgan fingerprint density at radius 1 is 1.44 bits per heavy atom. The molecule has 1 heterocycles. The summed E-state index contributed by atoms with van der Waals surface area (Å²) in [7, 11) is 2.10. The van der Waals surface area contributed by atoms with Crippen LogP contribution in [0, 0.1) is 0 Å². The summed E-state index contributed by atoms with van der Waals surface area (Å²) in [4.78, 5) is 16.5. The summed E-state index contributed by atoms with van der Waals surface area (Å²) in [6.45, 7) is 5.76. The number of amides is 1. The number of nitrogens with one attached hydrogen (secondary N) is 1. The molecule has 0 radical (unpaired) electrons. The molecule has 2 rings (SSSR count). The van der Waals surface area contributed by atoms with Crippen molar-refractivity contribution in [1.29, 1.82) is 0 Å². The lowest BCUT2D eigenvalue weighted by Crippen LogP contribution is -2.44. The largest absolute Gasteiger partial charge is 0.327 e. The second-order valence-electron chi connectivity index (χ2n) is 5.09. The van der Waals surface area contributed by atoms with E-state index >= 15 is 0 Å². The van der Waals surface area contributed by atoms with Crippen LogP contribution in [-0.4, -0.2) is 54.6 Å². The minimum atomic E-state index is -0.176. The molecule has 2 fully saturated rings. The number of carbonyl (C=O) groups excluding carboxylic acids is 1. The maximum absolute atomic E-state index is 12.3. The van der Waals surface area contributed by atoms with E-state index in [1.807, 2.05) is 4.90 Å². The molecule has 1 N–H and O–H groups in total. The van der Waals surface area contributed by atoms with E-state index in [1.165, 1.54) is 12.8 Å². The van der Waals surface area contributed by atoms with E-state index in [0.717, 1.165) is 39.1 Å². The number of carbonyl (C=O) groups is 1. The van der Waals surface area contributed by atoms with Crippen molar-refractivity contribution in [3.05, 3.63) is 0 Å². The molecule has 1 saturated carbocycles. The first-order valence-corrected chi connectivity index (χ1v) is 6.41. The normalized spacial score (nSPS) is 23.9. The van der Waals surface area contributed by atoms with E-state index in [4.69, 9.17) is 0 Å². The molecule has 0 aromatic heterocycles. The highest BCUT2D eigenvalue weighted by Crippen LogP contribution is 2.34. The Labute approximate surface area is 98.0 Å². The van der Waals surface area contributed by atoms with Gasteiger partial charge in [-0.05, 0) is 26.4 Å². The van der Waals surface area contributed by atoms with E-state index < -0.39 is 0 Å². The fourth-order valence-electron chi connectivity index (χ4n) is 2.70. The highest BCUT2D eigenvalue weighted by Gasteiger charge is 2.47. The van der Waals surface area contributed by atoms with Gasteiger partial charge in [0.25, 0.3) is 0 Å². The highest BCUT2D eigenvalue weighted by atomic mass is 16.2. The van der Waals surface area contributed by atoms with Crippen LogP contribution in [0.25, 0.3) is 0 Å². The topological polar surface area (TPSA) is 35.6 Å². The Bertz CT molecular complexity index is 261. The zero-order valence-corrected chi connectivity index (χ0v) is 10.5. The Morgan fingerprint density at radius 2 is 2.12 bits per heavy atom. The Balaban J connectivity index is 1.87. The van der Waals surface area contributed by atoms with Gasteiger partial charge in [-0.3, -0.25) is 10.1 Å². The van der Waals surface area contributed by atoms with Crippen molar-refractivity contribution in [1.82, 2.24) is 15.1 Å². The van der Waals surface area contributed by atoms with Crippen LogP contribution in [0.3, 0.4) is 0 Å². The van der Waals surface area contributed by atoms with Gasteiger partial charge in [0, 0.05) is 13.1 Å². The van der Waals surface area contributed by atoms with Crippen LogP contribution >= 0.6 is 0 Å². The molecule has 1 spiro atoms. The quantitative estimate of drug-likeness (QED) is 0.762. The summed E-state index contributed by atoms with van der Waals surface area (Å²) in [5, 5.41) is 3.43. The van der Waals surface area contributed by atoms with Crippen molar-refractivity contribution in [2.75, 3.05) is 33.4 Å². The lowest BCUT2D eigenvalue weighted by Gasteiger charge is -2.23. The van der Waals surface area contributed by atoms with Crippen molar-refractivity contribution in [3.63, 3.8) is 0 Å². The predicted molar refractivity (Wildman–Crippen MR) is 64.1 cm³/mol. The number of hydrogen-bond donors (Lipinski definition) is 1. The molecule has 1 amide bonds. The zero-order chi connectivity index (χ0) is 11.6. The number of hydrogen-bond acceptors (Lipinski definition) is 3. The summed E-state index contributed by atoms with van der Waals surface area (Å²) in [6, 6.07) is 0. The molecule has 0 bridgehead atoms. The van der Waals surface area contributed by atoms with Gasteiger partial charge < -0.3 is 9.80 Å². The van der Waals surface area contributed by atoms with Crippen LogP contribution in [0.2, 0.25) is 0 Å². The molecule has 1 saturated heterocycles. The monoisotopic (exact) mass is 225 g/mol. The van der Waals surface area contributed by atoms with Crippen LogP contribution in [0.1, 0.15) is 32.6 Å².